The number of hydrogen-bond acceptors (Lipinski definition) is 6. The second kappa shape index (κ2) is 9.43. The van der Waals surface area contributed by atoms with Crippen LogP contribution in [0.3, 0.4) is 0 Å². The number of hydrogen-bond donors (Lipinski definition) is 2. The van der Waals surface area contributed by atoms with Gasteiger partial charge in [-0.15, -0.1) is 4.91 Å². The Hall–Kier alpha value is -2.77. The first-order valence-corrected chi connectivity index (χ1v) is 10.1. The summed E-state index contributed by atoms with van der Waals surface area (Å²) < 4.78 is 0. The van der Waals surface area contributed by atoms with Gasteiger partial charge in [0.2, 0.25) is 5.00 Å². The lowest BCUT2D eigenvalue weighted by molar-refractivity contribution is 0.102. The Kier molecular flexibility index (Phi) is 6.73. The lowest BCUT2D eigenvalue weighted by Gasteiger charge is -2.13. The molecule has 1 amide bonds. The minimum Gasteiger partial charge on any atom is -0.385 e. The summed E-state index contributed by atoms with van der Waals surface area (Å²) in [5.74, 6) is -0.332. The predicted octanol–water partition coefficient (Wildman–Crippen LogP) is 6.33. The normalized spacial score (nSPS) is 10.5. The Morgan fingerprint density at radius 1 is 1.21 bits per heavy atom. The van der Waals surface area contributed by atoms with Crippen LogP contribution in [-0.4, -0.2) is 17.4 Å². The molecule has 28 heavy (non-hydrogen) atoms. The van der Waals surface area contributed by atoms with Crippen LogP contribution in [0.5, 0.6) is 0 Å². The molecule has 0 aliphatic heterocycles. The Bertz CT molecular complexity index is 976. The fourth-order valence-electron chi connectivity index (χ4n) is 2.69. The molecule has 0 aliphatic carbocycles. The number of amides is 1. The summed E-state index contributed by atoms with van der Waals surface area (Å²) in [6.07, 6.45) is 2.17. The predicted molar refractivity (Wildman–Crippen MR) is 116 cm³/mol. The highest BCUT2D eigenvalue weighted by Gasteiger charge is 2.17. The fourth-order valence-corrected chi connectivity index (χ4v) is 3.60. The number of nitrogens with one attached hydrogen (secondary N) is 2. The summed E-state index contributed by atoms with van der Waals surface area (Å²) in [4.78, 5) is 27.5. The summed E-state index contributed by atoms with van der Waals surface area (Å²) in [6, 6.07) is 15.3. The Morgan fingerprint density at radius 3 is 2.68 bits per heavy atom. The first kappa shape index (κ1) is 20.0. The second-order valence-corrected chi connectivity index (χ2v) is 7.40. The third-order valence-corrected chi connectivity index (χ3v) is 5.30. The SMILES string of the molecule is CCCCNc1ccc(C(=O)Nc2nc(Cl)c(N=O)s2)c(-c2ccccc2)c1. The van der Waals surface area contributed by atoms with Crippen LogP contribution < -0.4 is 10.6 Å². The van der Waals surface area contributed by atoms with Crippen molar-refractivity contribution >= 4 is 44.7 Å². The van der Waals surface area contributed by atoms with E-state index >= 15 is 0 Å². The Balaban J connectivity index is 1.91. The van der Waals surface area contributed by atoms with Crippen molar-refractivity contribution in [3.63, 3.8) is 0 Å². The highest BCUT2D eigenvalue weighted by molar-refractivity contribution is 7.20. The van der Waals surface area contributed by atoms with Crippen molar-refractivity contribution in [1.29, 1.82) is 0 Å². The molecule has 2 N–H and O–H groups in total. The van der Waals surface area contributed by atoms with Gasteiger partial charge in [-0.3, -0.25) is 10.1 Å². The van der Waals surface area contributed by atoms with Gasteiger partial charge in [0.05, 0.1) is 0 Å². The third-order valence-electron chi connectivity index (χ3n) is 4.08. The first-order valence-electron chi connectivity index (χ1n) is 8.86. The highest BCUT2D eigenvalue weighted by Crippen LogP contribution is 2.35. The lowest BCUT2D eigenvalue weighted by atomic mass is 9.98. The topological polar surface area (TPSA) is 83.4 Å². The maximum absolute atomic E-state index is 12.9. The molecule has 6 nitrogen and oxygen atoms in total. The molecule has 0 radical (unpaired) electrons. The van der Waals surface area contributed by atoms with Crippen molar-refractivity contribution in [2.45, 2.75) is 19.8 Å². The van der Waals surface area contributed by atoms with Crippen LogP contribution in [0.25, 0.3) is 11.1 Å². The molecular weight excluding hydrogens is 396 g/mol. The smallest absolute Gasteiger partial charge is 0.258 e. The van der Waals surface area contributed by atoms with Crippen LogP contribution in [0.15, 0.2) is 53.7 Å². The van der Waals surface area contributed by atoms with Crippen LogP contribution >= 0.6 is 22.9 Å². The van der Waals surface area contributed by atoms with E-state index in [-0.39, 0.29) is 21.2 Å². The monoisotopic (exact) mass is 414 g/mol. The molecule has 0 aliphatic rings. The molecule has 3 aromatic rings. The number of halogens is 1. The lowest BCUT2D eigenvalue weighted by Crippen LogP contribution is -2.13. The first-order chi connectivity index (χ1) is 13.6. The number of nitroso groups, excluding NO2 is 1. The molecule has 0 unspecified atom stereocenters. The van der Waals surface area contributed by atoms with E-state index < -0.39 is 0 Å². The number of anilines is 2. The molecule has 0 atom stereocenters. The quantitative estimate of drug-likeness (QED) is 0.333. The van der Waals surface area contributed by atoms with E-state index in [4.69, 9.17) is 11.6 Å². The molecule has 0 fully saturated rings. The maximum atomic E-state index is 12.9. The standard InChI is InChI=1S/C20H19ClN4O2S/c1-2-3-11-22-14-9-10-15(16(12-14)13-7-5-4-6-8-13)18(26)24-20-23-17(21)19(25-27)28-20/h4-10,12,22H,2-3,11H2,1H3,(H,23,24,26). The van der Waals surface area contributed by atoms with E-state index in [1.54, 1.807) is 6.07 Å². The summed E-state index contributed by atoms with van der Waals surface area (Å²) in [5, 5.41) is 9.13. The Morgan fingerprint density at radius 2 is 2.00 bits per heavy atom. The molecule has 8 heteroatoms. The zero-order valence-corrected chi connectivity index (χ0v) is 16.8. The second-order valence-electron chi connectivity index (χ2n) is 6.07. The van der Waals surface area contributed by atoms with Gasteiger partial charge in [-0.05, 0) is 40.9 Å². The van der Waals surface area contributed by atoms with E-state index in [0.717, 1.165) is 47.5 Å². The number of unbranched alkanes of at least 4 members (excludes halogenated alkanes) is 1. The van der Waals surface area contributed by atoms with Crippen molar-refractivity contribution in [2.75, 3.05) is 17.2 Å². The van der Waals surface area contributed by atoms with E-state index in [0.29, 0.717) is 5.56 Å². The van der Waals surface area contributed by atoms with Gasteiger partial charge in [-0.1, -0.05) is 66.6 Å². The molecule has 2 aromatic carbocycles. The van der Waals surface area contributed by atoms with Crippen LogP contribution in [0.2, 0.25) is 5.15 Å². The number of nitrogens with zero attached hydrogens (tertiary/aromatic N) is 2. The average molecular weight is 415 g/mol. The molecule has 0 saturated carbocycles. The minimum absolute atomic E-state index is 0.0194. The van der Waals surface area contributed by atoms with Crippen molar-refractivity contribution in [1.82, 2.24) is 4.98 Å². The van der Waals surface area contributed by atoms with Crippen LogP contribution in [0.4, 0.5) is 15.8 Å². The summed E-state index contributed by atoms with van der Waals surface area (Å²) in [7, 11) is 0. The van der Waals surface area contributed by atoms with Gasteiger partial charge in [0.1, 0.15) is 0 Å². The summed E-state index contributed by atoms with van der Waals surface area (Å²) in [6.45, 7) is 3.01. The number of carbonyl (C=O) groups excluding carboxylic acids is 1. The highest BCUT2D eigenvalue weighted by atomic mass is 35.5. The molecule has 0 saturated heterocycles. The zero-order valence-electron chi connectivity index (χ0n) is 15.2. The zero-order chi connectivity index (χ0) is 19.9. The van der Waals surface area contributed by atoms with Crippen molar-refractivity contribution in [3.8, 4) is 11.1 Å². The summed E-state index contributed by atoms with van der Waals surface area (Å²) in [5.41, 5.74) is 3.18. The molecule has 1 aromatic heterocycles. The molecule has 0 bridgehead atoms. The molecule has 1 heterocycles. The fraction of sp³-hybridized carbons (Fsp3) is 0.200. The van der Waals surface area contributed by atoms with E-state index in [1.165, 1.54) is 0 Å². The van der Waals surface area contributed by atoms with Crippen LogP contribution in [0, 0.1) is 4.91 Å². The molecular formula is C20H19ClN4O2S. The number of benzene rings is 2. The molecule has 0 spiro atoms. The van der Waals surface area contributed by atoms with E-state index in [1.807, 2.05) is 42.5 Å². The minimum atomic E-state index is -0.332. The van der Waals surface area contributed by atoms with Gasteiger partial charge in [0.25, 0.3) is 5.91 Å². The van der Waals surface area contributed by atoms with Gasteiger partial charge >= 0.3 is 0 Å². The number of rotatable bonds is 8. The van der Waals surface area contributed by atoms with Gasteiger partial charge in [0, 0.05) is 17.8 Å². The van der Waals surface area contributed by atoms with Gasteiger partial charge in [-0.2, -0.15) is 0 Å². The number of thiazole rings is 1. The van der Waals surface area contributed by atoms with Crippen molar-refractivity contribution in [2.24, 2.45) is 5.18 Å². The Labute approximate surface area is 171 Å². The van der Waals surface area contributed by atoms with E-state index in [2.05, 4.69) is 27.7 Å². The largest absolute Gasteiger partial charge is 0.385 e. The van der Waals surface area contributed by atoms with Crippen molar-refractivity contribution in [3.05, 3.63) is 64.2 Å². The van der Waals surface area contributed by atoms with Gasteiger partial charge < -0.3 is 5.32 Å². The van der Waals surface area contributed by atoms with E-state index in [9.17, 15) is 9.70 Å². The number of aromatic nitrogens is 1. The molecule has 144 valence electrons. The third kappa shape index (κ3) is 4.74. The number of carbonyl (C=O) groups is 1. The van der Waals surface area contributed by atoms with Crippen LogP contribution in [-0.2, 0) is 0 Å². The average Bonchev–Trinajstić information content (AvgIpc) is 3.07. The maximum Gasteiger partial charge on any atom is 0.258 e. The summed E-state index contributed by atoms with van der Waals surface area (Å²) >= 11 is 6.76. The van der Waals surface area contributed by atoms with Crippen LogP contribution in [0.1, 0.15) is 30.1 Å². The van der Waals surface area contributed by atoms with Crippen molar-refractivity contribution < 1.29 is 4.79 Å². The van der Waals surface area contributed by atoms with Gasteiger partial charge in [-0.25, -0.2) is 4.98 Å². The molecule has 3 rings (SSSR count). The van der Waals surface area contributed by atoms with Gasteiger partial charge in [0.15, 0.2) is 10.3 Å².